The number of nitrogens with zero attached hydrogens (tertiary/aromatic N) is 2. The molecule has 5 nitrogen and oxygen atoms in total. The Morgan fingerprint density at radius 1 is 1.06 bits per heavy atom. The van der Waals surface area contributed by atoms with Gasteiger partial charge in [0.25, 0.3) is 5.91 Å². The molecule has 1 saturated carbocycles. The summed E-state index contributed by atoms with van der Waals surface area (Å²) in [6.45, 7) is 0. The second kappa shape index (κ2) is 10.5. The number of pyridine rings is 1. The predicted octanol–water partition coefficient (Wildman–Crippen LogP) is 6.13. The highest BCUT2D eigenvalue weighted by Crippen LogP contribution is 2.39. The van der Waals surface area contributed by atoms with Crippen molar-refractivity contribution in [2.75, 3.05) is 5.32 Å². The normalized spacial score (nSPS) is 16.1. The summed E-state index contributed by atoms with van der Waals surface area (Å²) in [5.41, 5.74) is -1.14. The first-order valence-electron chi connectivity index (χ1n) is 11.9. The largest absolute Gasteiger partial charge is 0.417 e. The highest BCUT2D eigenvalue weighted by molar-refractivity contribution is 5.98. The second-order valence-corrected chi connectivity index (χ2v) is 9.15. The van der Waals surface area contributed by atoms with Crippen molar-refractivity contribution in [3.05, 3.63) is 83.7 Å². The van der Waals surface area contributed by atoms with Crippen molar-refractivity contribution in [2.24, 2.45) is 5.92 Å². The SMILES string of the molecule is N#Cc1ccc(NC(=O)C(O)(Cc2ccccc2-c2ccncc2)C2CCCCC2)cc1C(F)(F)F. The van der Waals surface area contributed by atoms with Crippen LogP contribution in [0.15, 0.2) is 67.0 Å². The van der Waals surface area contributed by atoms with Gasteiger partial charge in [0.05, 0.1) is 17.2 Å². The molecule has 1 aliphatic carbocycles. The van der Waals surface area contributed by atoms with Crippen LogP contribution >= 0.6 is 0 Å². The number of benzene rings is 2. The molecule has 2 aromatic carbocycles. The number of alkyl halides is 3. The van der Waals surface area contributed by atoms with Crippen LogP contribution < -0.4 is 5.32 Å². The second-order valence-electron chi connectivity index (χ2n) is 9.15. The fourth-order valence-electron chi connectivity index (χ4n) is 4.96. The Bertz CT molecular complexity index is 1270. The van der Waals surface area contributed by atoms with E-state index in [1.54, 1.807) is 12.4 Å². The van der Waals surface area contributed by atoms with E-state index in [1.165, 1.54) is 12.1 Å². The maximum absolute atomic E-state index is 13.6. The van der Waals surface area contributed by atoms with Crippen molar-refractivity contribution in [1.29, 1.82) is 5.26 Å². The summed E-state index contributed by atoms with van der Waals surface area (Å²) in [4.78, 5) is 17.6. The van der Waals surface area contributed by atoms with Crippen molar-refractivity contribution >= 4 is 11.6 Å². The van der Waals surface area contributed by atoms with Crippen molar-refractivity contribution in [3.63, 3.8) is 0 Å². The molecular weight excluding hydrogens is 467 g/mol. The maximum Gasteiger partial charge on any atom is 0.417 e. The molecule has 3 aromatic rings. The molecule has 2 N–H and O–H groups in total. The Labute approximate surface area is 207 Å². The van der Waals surface area contributed by atoms with E-state index in [9.17, 15) is 23.1 Å². The summed E-state index contributed by atoms with van der Waals surface area (Å²) < 4.78 is 40.4. The smallest absolute Gasteiger partial charge is 0.379 e. The first-order valence-corrected chi connectivity index (χ1v) is 11.9. The fraction of sp³-hybridized carbons (Fsp3) is 0.321. The van der Waals surface area contributed by atoms with Gasteiger partial charge in [0, 0.05) is 24.5 Å². The topological polar surface area (TPSA) is 86.0 Å². The number of amides is 1. The van der Waals surface area contributed by atoms with Gasteiger partial charge in [0.2, 0.25) is 0 Å². The van der Waals surface area contributed by atoms with E-state index in [1.807, 2.05) is 36.4 Å². The number of halogens is 3. The minimum absolute atomic E-state index is 0.00437. The maximum atomic E-state index is 13.6. The van der Waals surface area contributed by atoms with Gasteiger partial charge in [0.1, 0.15) is 5.60 Å². The monoisotopic (exact) mass is 493 g/mol. The number of anilines is 1. The molecule has 0 bridgehead atoms. The summed E-state index contributed by atoms with van der Waals surface area (Å²) >= 11 is 0. The van der Waals surface area contributed by atoms with E-state index >= 15 is 0 Å². The van der Waals surface area contributed by atoms with Gasteiger partial charge < -0.3 is 10.4 Å². The number of hydrogen-bond donors (Lipinski definition) is 2. The summed E-state index contributed by atoms with van der Waals surface area (Å²) in [7, 11) is 0. The molecule has 1 amide bonds. The number of aromatic nitrogens is 1. The third kappa shape index (κ3) is 5.42. The molecule has 1 aliphatic rings. The van der Waals surface area contributed by atoms with Gasteiger partial charge in [-0.2, -0.15) is 18.4 Å². The van der Waals surface area contributed by atoms with Gasteiger partial charge in [0.15, 0.2) is 0 Å². The lowest BCUT2D eigenvalue weighted by atomic mass is 9.72. The number of carbonyl (C=O) groups is 1. The molecule has 186 valence electrons. The van der Waals surface area contributed by atoms with Crippen LogP contribution in [0.1, 0.15) is 48.8 Å². The number of aliphatic hydroxyl groups is 1. The van der Waals surface area contributed by atoms with Gasteiger partial charge in [-0.25, -0.2) is 0 Å². The van der Waals surface area contributed by atoms with Crippen LogP contribution in [-0.4, -0.2) is 21.6 Å². The third-order valence-corrected chi connectivity index (χ3v) is 6.85. The fourth-order valence-corrected chi connectivity index (χ4v) is 4.96. The zero-order chi connectivity index (χ0) is 25.8. The molecule has 0 saturated heterocycles. The number of carbonyl (C=O) groups excluding carboxylic acids is 1. The number of hydrogen-bond acceptors (Lipinski definition) is 4. The zero-order valence-electron chi connectivity index (χ0n) is 19.6. The molecule has 1 aromatic heterocycles. The van der Waals surface area contributed by atoms with Crippen LogP contribution in [0.3, 0.4) is 0 Å². The zero-order valence-corrected chi connectivity index (χ0v) is 19.6. The Morgan fingerprint density at radius 3 is 2.42 bits per heavy atom. The first kappa shape index (κ1) is 25.4. The molecule has 8 heteroatoms. The molecule has 36 heavy (non-hydrogen) atoms. The molecule has 0 radical (unpaired) electrons. The van der Waals surface area contributed by atoms with Crippen LogP contribution in [0, 0.1) is 17.2 Å². The Hall–Kier alpha value is -3.70. The van der Waals surface area contributed by atoms with E-state index in [2.05, 4.69) is 10.3 Å². The summed E-state index contributed by atoms with van der Waals surface area (Å²) in [5.74, 6) is -1.10. The standard InChI is InChI=1S/C28H26F3N3O2/c29-28(30,31)25-16-23(11-10-21(25)18-32)34-26(35)27(36,22-7-2-1-3-8-22)17-20-6-4-5-9-24(20)19-12-14-33-15-13-19/h4-6,9-16,22,36H,1-3,7-8,17H2,(H,34,35). The molecule has 0 aliphatic heterocycles. The van der Waals surface area contributed by atoms with Crippen LogP contribution in [0.5, 0.6) is 0 Å². The highest BCUT2D eigenvalue weighted by atomic mass is 19.4. The molecule has 1 atom stereocenters. The van der Waals surface area contributed by atoms with E-state index in [0.717, 1.165) is 48.1 Å². The van der Waals surface area contributed by atoms with Gasteiger partial charge >= 0.3 is 6.18 Å². The van der Waals surface area contributed by atoms with E-state index in [-0.39, 0.29) is 18.0 Å². The lowest BCUT2D eigenvalue weighted by Crippen LogP contribution is -2.51. The molecular formula is C28H26F3N3O2. The van der Waals surface area contributed by atoms with Crippen molar-refractivity contribution in [3.8, 4) is 17.2 Å². The predicted molar refractivity (Wildman–Crippen MR) is 130 cm³/mol. The minimum Gasteiger partial charge on any atom is -0.379 e. The lowest BCUT2D eigenvalue weighted by Gasteiger charge is -2.38. The quantitative estimate of drug-likeness (QED) is 0.432. The minimum atomic E-state index is -4.76. The first-order chi connectivity index (χ1) is 17.2. The number of nitriles is 1. The van der Waals surface area contributed by atoms with Gasteiger partial charge in [-0.1, -0.05) is 43.5 Å². The van der Waals surface area contributed by atoms with Crippen LogP contribution in [0.4, 0.5) is 18.9 Å². The lowest BCUT2D eigenvalue weighted by molar-refractivity contribution is -0.142. The summed E-state index contributed by atoms with van der Waals surface area (Å²) in [6, 6.07) is 15.7. The Kier molecular flexibility index (Phi) is 7.41. The van der Waals surface area contributed by atoms with E-state index < -0.39 is 28.8 Å². The number of nitrogens with one attached hydrogen (secondary N) is 1. The number of rotatable bonds is 6. The van der Waals surface area contributed by atoms with Crippen molar-refractivity contribution < 1.29 is 23.1 Å². The molecule has 1 heterocycles. The van der Waals surface area contributed by atoms with Crippen LogP contribution in [-0.2, 0) is 17.4 Å². The highest BCUT2D eigenvalue weighted by Gasteiger charge is 2.45. The average Bonchev–Trinajstić information content (AvgIpc) is 2.89. The van der Waals surface area contributed by atoms with Crippen LogP contribution in [0.2, 0.25) is 0 Å². The van der Waals surface area contributed by atoms with Crippen molar-refractivity contribution in [2.45, 2.75) is 50.3 Å². The third-order valence-electron chi connectivity index (χ3n) is 6.85. The Morgan fingerprint density at radius 2 is 1.75 bits per heavy atom. The van der Waals surface area contributed by atoms with Crippen molar-refractivity contribution in [1.82, 2.24) is 4.98 Å². The molecule has 4 rings (SSSR count). The van der Waals surface area contributed by atoms with E-state index in [4.69, 9.17) is 5.26 Å². The van der Waals surface area contributed by atoms with Crippen LogP contribution in [0.25, 0.3) is 11.1 Å². The Balaban J connectivity index is 1.70. The summed E-state index contributed by atoms with van der Waals surface area (Å²) in [5, 5.41) is 23.5. The molecule has 0 spiro atoms. The van der Waals surface area contributed by atoms with Gasteiger partial charge in [-0.15, -0.1) is 0 Å². The molecule has 1 fully saturated rings. The van der Waals surface area contributed by atoms with Gasteiger partial charge in [-0.05, 0) is 65.8 Å². The average molecular weight is 494 g/mol. The van der Waals surface area contributed by atoms with Gasteiger partial charge in [-0.3, -0.25) is 9.78 Å². The molecule has 1 unspecified atom stereocenters. The summed E-state index contributed by atoms with van der Waals surface area (Å²) in [6.07, 6.45) is 2.59. The van der Waals surface area contributed by atoms with E-state index in [0.29, 0.717) is 12.8 Å².